The minimum Gasteiger partial charge on any atom is -0.405 e. The molecule has 0 atom stereocenters. The number of halogens is 6. The van der Waals surface area contributed by atoms with Crippen molar-refractivity contribution in [1.82, 2.24) is 15.2 Å². The fourth-order valence-electron chi connectivity index (χ4n) is 3.25. The quantitative estimate of drug-likeness (QED) is 0.635. The Morgan fingerprint density at radius 1 is 1.13 bits per heavy atom. The maximum Gasteiger partial charge on any atom is 0.417 e. The second kappa shape index (κ2) is 7.42. The van der Waals surface area contributed by atoms with Crippen molar-refractivity contribution < 1.29 is 31.4 Å². The van der Waals surface area contributed by atoms with E-state index in [1.165, 1.54) is 6.08 Å². The first-order valence-electron chi connectivity index (χ1n) is 8.71. The molecule has 1 heterocycles. The molecule has 1 aromatic heterocycles. The van der Waals surface area contributed by atoms with E-state index in [9.17, 15) is 31.4 Å². The van der Waals surface area contributed by atoms with E-state index in [1.54, 1.807) is 6.92 Å². The minimum atomic E-state index is -5.07. The van der Waals surface area contributed by atoms with Crippen LogP contribution in [0.4, 0.5) is 32.3 Å². The number of aliphatic hydroxyl groups is 1. The summed E-state index contributed by atoms with van der Waals surface area (Å²) in [4.78, 5) is 4.08. The van der Waals surface area contributed by atoms with Gasteiger partial charge < -0.3 is 16.2 Å². The smallest absolute Gasteiger partial charge is 0.405 e. The van der Waals surface area contributed by atoms with Gasteiger partial charge in [0.1, 0.15) is 5.69 Å². The van der Waals surface area contributed by atoms with Crippen molar-refractivity contribution in [3.63, 3.8) is 0 Å². The highest BCUT2D eigenvalue weighted by Crippen LogP contribution is 2.41. The van der Waals surface area contributed by atoms with Crippen molar-refractivity contribution in [2.75, 3.05) is 5.32 Å². The Morgan fingerprint density at radius 2 is 1.80 bits per heavy atom. The number of hydrogen-bond donors (Lipinski definition) is 3. The number of nitrogens with zero attached hydrogens (tertiary/aromatic N) is 3. The maximum atomic E-state index is 13.5. The van der Waals surface area contributed by atoms with Crippen molar-refractivity contribution in [2.24, 2.45) is 5.73 Å². The van der Waals surface area contributed by atoms with Crippen LogP contribution < -0.4 is 11.1 Å². The number of hydrogen-bond acceptors (Lipinski definition) is 6. The van der Waals surface area contributed by atoms with Crippen LogP contribution in [-0.4, -0.2) is 31.9 Å². The third-order valence-electron chi connectivity index (χ3n) is 4.58. The number of anilines is 1. The minimum absolute atomic E-state index is 0.00665. The van der Waals surface area contributed by atoms with Gasteiger partial charge in [0.25, 0.3) is 0 Å². The van der Waals surface area contributed by atoms with Crippen LogP contribution in [0.5, 0.6) is 0 Å². The van der Waals surface area contributed by atoms with Gasteiger partial charge in [0.05, 0.1) is 22.4 Å². The van der Waals surface area contributed by atoms with Gasteiger partial charge in [0.15, 0.2) is 0 Å². The first-order chi connectivity index (χ1) is 13.8. The molecule has 4 N–H and O–H groups in total. The lowest BCUT2D eigenvalue weighted by molar-refractivity contribution is -0.142. The average molecular weight is 433 g/mol. The van der Waals surface area contributed by atoms with Gasteiger partial charge in [0, 0.05) is 11.6 Å². The number of nitrogens with two attached hydrogens (primary N) is 1. The van der Waals surface area contributed by atoms with Crippen molar-refractivity contribution in [3.8, 4) is 11.3 Å². The van der Waals surface area contributed by atoms with Crippen LogP contribution in [0.15, 0.2) is 24.4 Å². The third kappa shape index (κ3) is 4.64. The molecule has 1 aliphatic rings. The van der Waals surface area contributed by atoms with Crippen LogP contribution in [-0.2, 0) is 12.4 Å². The molecule has 0 saturated heterocycles. The molecule has 0 radical (unpaired) electrons. The van der Waals surface area contributed by atoms with Gasteiger partial charge >= 0.3 is 12.4 Å². The maximum absolute atomic E-state index is 13.5. The summed E-state index contributed by atoms with van der Waals surface area (Å²) in [5, 5.41) is 20.2. The summed E-state index contributed by atoms with van der Waals surface area (Å²) in [6.07, 6.45) is -7.00. The Labute approximate surface area is 166 Å². The van der Waals surface area contributed by atoms with Crippen LogP contribution in [0.1, 0.15) is 36.6 Å². The second-order valence-corrected chi connectivity index (χ2v) is 7.23. The molecule has 0 bridgehead atoms. The second-order valence-electron chi connectivity index (χ2n) is 7.23. The lowest BCUT2D eigenvalue weighted by Crippen LogP contribution is -2.48. The predicted molar refractivity (Wildman–Crippen MR) is 95.8 cm³/mol. The van der Waals surface area contributed by atoms with Crippen LogP contribution >= 0.6 is 0 Å². The molecule has 6 nitrogen and oxygen atoms in total. The SMILES string of the molecule is CC1(O)CC(Nc2nnc(-c3ccc(C(F)(F)F)cc3C(F)(F)F)c(C=CN)n2)C1. The molecule has 30 heavy (non-hydrogen) atoms. The molecule has 0 unspecified atom stereocenters. The predicted octanol–water partition coefficient (Wildman–Crippen LogP) is 3.83. The average Bonchev–Trinajstić information content (AvgIpc) is 2.59. The number of alkyl halides is 6. The largest absolute Gasteiger partial charge is 0.417 e. The molecular formula is C18H17F6N5O. The molecule has 162 valence electrons. The zero-order valence-corrected chi connectivity index (χ0v) is 15.5. The molecule has 0 spiro atoms. The first-order valence-corrected chi connectivity index (χ1v) is 8.71. The zero-order chi connectivity index (χ0) is 22.3. The lowest BCUT2D eigenvalue weighted by atomic mass is 9.77. The van der Waals surface area contributed by atoms with Crippen molar-refractivity contribution >= 4 is 12.0 Å². The fraction of sp³-hybridized carbons (Fsp3) is 0.389. The summed E-state index contributed by atoms with van der Waals surface area (Å²) in [6.45, 7) is 1.65. The molecule has 1 fully saturated rings. The molecule has 1 aliphatic carbocycles. The normalized spacial score (nSPS) is 22.2. The van der Waals surface area contributed by atoms with Crippen molar-refractivity contribution in [3.05, 3.63) is 41.2 Å². The Balaban J connectivity index is 2.04. The summed E-state index contributed by atoms with van der Waals surface area (Å²) in [5.74, 6) is -0.00665. The van der Waals surface area contributed by atoms with Crippen LogP contribution in [0.3, 0.4) is 0 Å². The standard InChI is InChI=1S/C18H17F6N5O/c1-16(30)7-10(8-16)26-15-27-13(4-5-25)14(28-29-15)11-3-2-9(17(19,20)21)6-12(11)18(22,23)24/h2-6,10,30H,7-8,25H2,1H3,(H,26,27,29). The molecular weight excluding hydrogens is 416 g/mol. The monoisotopic (exact) mass is 433 g/mol. The Kier molecular flexibility index (Phi) is 5.39. The summed E-state index contributed by atoms with van der Waals surface area (Å²) in [6, 6.07) is 1.08. The zero-order valence-electron chi connectivity index (χ0n) is 15.5. The van der Waals surface area contributed by atoms with Gasteiger partial charge in [-0.15, -0.1) is 10.2 Å². The van der Waals surface area contributed by atoms with E-state index in [1.807, 2.05) is 0 Å². The Morgan fingerprint density at radius 3 is 2.33 bits per heavy atom. The summed E-state index contributed by atoms with van der Waals surface area (Å²) in [7, 11) is 0. The highest BCUT2D eigenvalue weighted by Gasteiger charge is 2.40. The molecule has 0 amide bonds. The van der Waals surface area contributed by atoms with Gasteiger partial charge in [-0.2, -0.15) is 26.3 Å². The molecule has 1 aromatic carbocycles. The van der Waals surface area contributed by atoms with Gasteiger partial charge in [-0.05, 0) is 44.2 Å². The van der Waals surface area contributed by atoms with Gasteiger partial charge in [-0.25, -0.2) is 4.98 Å². The van der Waals surface area contributed by atoms with E-state index < -0.39 is 34.6 Å². The molecule has 2 aromatic rings. The van der Waals surface area contributed by atoms with E-state index in [0.29, 0.717) is 25.0 Å². The lowest BCUT2D eigenvalue weighted by Gasteiger charge is -2.41. The number of rotatable bonds is 4. The number of nitrogens with one attached hydrogen (secondary N) is 1. The number of benzene rings is 1. The van der Waals surface area contributed by atoms with E-state index in [0.717, 1.165) is 6.20 Å². The number of aromatic nitrogens is 3. The van der Waals surface area contributed by atoms with Crippen LogP contribution in [0, 0.1) is 0 Å². The first kappa shape index (κ1) is 21.8. The van der Waals surface area contributed by atoms with E-state index in [-0.39, 0.29) is 29.4 Å². The van der Waals surface area contributed by atoms with Crippen molar-refractivity contribution in [2.45, 2.75) is 43.8 Å². The summed E-state index contributed by atoms with van der Waals surface area (Å²) < 4.78 is 79.1. The third-order valence-corrected chi connectivity index (χ3v) is 4.58. The molecule has 0 aliphatic heterocycles. The summed E-state index contributed by atoms with van der Waals surface area (Å²) >= 11 is 0. The van der Waals surface area contributed by atoms with E-state index in [2.05, 4.69) is 20.5 Å². The van der Waals surface area contributed by atoms with Crippen LogP contribution in [0.25, 0.3) is 17.3 Å². The van der Waals surface area contributed by atoms with E-state index in [4.69, 9.17) is 5.73 Å². The van der Waals surface area contributed by atoms with Crippen molar-refractivity contribution in [1.29, 1.82) is 0 Å². The van der Waals surface area contributed by atoms with Gasteiger partial charge in [0.2, 0.25) is 5.95 Å². The Bertz CT molecular complexity index is 963. The Hall–Kier alpha value is -2.89. The van der Waals surface area contributed by atoms with Gasteiger partial charge in [-0.3, -0.25) is 0 Å². The van der Waals surface area contributed by atoms with Gasteiger partial charge in [-0.1, -0.05) is 6.07 Å². The highest BCUT2D eigenvalue weighted by molar-refractivity contribution is 5.73. The molecule has 1 saturated carbocycles. The topological polar surface area (TPSA) is 97.0 Å². The highest BCUT2D eigenvalue weighted by atomic mass is 19.4. The molecule has 3 rings (SSSR count). The fourth-order valence-corrected chi connectivity index (χ4v) is 3.25. The van der Waals surface area contributed by atoms with E-state index >= 15 is 0 Å². The van der Waals surface area contributed by atoms with Crippen LogP contribution in [0.2, 0.25) is 0 Å². The molecule has 12 heteroatoms. The summed E-state index contributed by atoms with van der Waals surface area (Å²) in [5.41, 5.74) is 0.474.